The Bertz CT molecular complexity index is 1180. The van der Waals surface area contributed by atoms with Gasteiger partial charge in [-0.25, -0.2) is 0 Å². The van der Waals surface area contributed by atoms with E-state index in [1.807, 2.05) is 0 Å². The lowest BCUT2D eigenvalue weighted by molar-refractivity contribution is 0.482. The first-order valence-corrected chi connectivity index (χ1v) is 11.9. The zero-order chi connectivity index (χ0) is 21.8. The first kappa shape index (κ1) is 20.3. The van der Waals surface area contributed by atoms with Crippen LogP contribution >= 0.6 is 0 Å². The van der Waals surface area contributed by atoms with Crippen LogP contribution in [0.4, 0.5) is 0 Å². The Hall–Kier alpha value is -2.60. The highest BCUT2D eigenvalue weighted by molar-refractivity contribution is 6.06. The van der Waals surface area contributed by atoms with E-state index < -0.39 is 0 Å². The van der Waals surface area contributed by atoms with Crippen molar-refractivity contribution in [3.8, 4) is 0 Å². The van der Waals surface area contributed by atoms with Crippen molar-refractivity contribution in [3.63, 3.8) is 0 Å². The minimum atomic E-state index is 0.224. The molecule has 0 nitrogen and oxygen atoms in total. The summed E-state index contributed by atoms with van der Waals surface area (Å²) in [4.78, 5) is 0. The summed E-state index contributed by atoms with van der Waals surface area (Å²) in [6, 6.07) is 18.2. The minimum Gasteiger partial charge on any atom is -0.0802 e. The van der Waals surface area contributed by atoms with Crippen molar-refractivity contribution < 1.29 is 0 Å². The summed E-state index contributed by atoms with van der Waals surface area (Å²) in [5, 5.41) is 5.74. The standard InChI is InChI=1S/C31H34/c1-20(2)29-25-10-6-8-12-27(25)30(28-13-9-7-11-26(28)29)23-15-14-22-19-24(31(3,4)5)17-16-21(22)18-23/h6-15,17,19-21,23H,16,18H2,1-5H3. The summed E-state index contributed by atoms with van der Waals surface area (Å²) in [6.07, 6.45) is 12.2. The molecule has 0 N–H and O–H groups in total. The zero-order valence-corrected chi connectivity index (χ0v) is 19.6. The summed E-state index contributed by atoms with van der Waals surface area (Å²) in [5.74, 6) is 1.59. The molecule has 158 valence electrons. The molecular formula is C31H34. The lowest BCUT2D eigenvalue weighted by Gasteiger charge is -2.33. The smallest absolute Gasteiger partial charge is 0.00394 e. The number of hydrogen-bond donors (Lipinski definition) is 0. The number of fused-ring (bicyclic) bond motifs is 3. The van der Waals surface area contributed by atoms with Crippen LogP contribution in [-0.4, -0.2) is 0 Å². The van der Waals surface area contributed by atoms with Crippen LogP contribution in [0.15, 0.2) is 84.0 Å². The molecule has 0 bridgehead atoms. The molecule has 2 atom stereocenters. The van der Waals surface area contributed by atoms with E-state index in [0.29, 0.717) is 17.8 Å². The van der Waals surface area contributed by atoms with E-state index in [9.17, 15) is 0 Å². The first-order chi connectivity index (χ1) is 14.8. The van der Waals surface area contributed by atoms with Gasteiger partial charge in [0.15, 0.2) is 0 Å². The lowest BCUT2D eigenvalue weighted by atomic mass is 9.71. The van der Waals surface area contributed by atoms with Crippen molar-refractivity contribution in [1.29, 1.82) is 0 Å². The van der Waals surface area contributed by atoms with Gasteiger partial charge in [-0.05, 0) is 73.9 Å². The predicted molar refractivity (Wildman–Crippen MR) is 136 cm³/mol. The van der Waals surface area contributed by atoms with E-state index in [2.05, 4.69) is 107 Å². The Labute approximate surface area is 187 Å². The third-order valence-corrected chi connectivity index (χ3v) is 7.30. The van der Waals surface area contributed by atoms with Crippen molar-refractivity contribution in [2.75, 3.05) is 0 Å². The Morgan fingerprint density at radius 2 is 1.42 bits per heavy atom. The van der Waals surface area contributed by atoms with Gasteiger partial charge < -0.3 is 0 Å². The van der Waals surface area contributed by atoms with E-state index in [1.54, 1.807) is 0 Å². The molecule has 0 amide bonds. The molecule has 3 aromatic rings. The van der Waals surface area contributed by atoms with Crippen LogP contribution in [-0.2, 0) is 0 Å². The molecule has 0 aromatic heterocycles. The van der Waals surface area contributed by atoms with Crippen LogP contribution in [0.5, 0.6) is 0 Å². The highest BCUT2D eigenvalue weighted by Crippen LogP contribution is 2.46. The molecule has 0 radical (unpaired) electrons. The van der Waals surface area contributed by atoms with Gasteiger partial charge in [-0.15, -0.1) is 0 Å². The monoisotopic (exact) mass is 406 g/mol. The van der Waals surface area contributed by atoms with Gasteiger partial charge in [0.1, 0.15) is 0 Å². The Balaban J connectivity index is 1.68. The maximum absolute atomic E-state index is 2.49. The fourth-order valence-electron chi connectivity index (χ4n) is 5.74. The number of allylic oxidation sites excluding steroid dienone is 6. The van der Waals surface area contributed by atoms with Crippen molar-refractivity contribution in [3.05, 3.63) is 95.1 Å². The quantitative estimate of drug-likeness (QED) is 0.372. The Morgan fingerprint density at radius 3 is 1.97 bits per heavy atom. The summed E-state index contributed by atoms with van der Waals surface area (Å²) >= 11 is 0. The molecule has 0 fully saturated rings. The Kier molecular flexibility index (Phi) is 4.93. The highest BCUT2D eigenvalue weighted by Gasteiger charge is 2.29. The van der Waals surface area contributed by atoms with Crippen molar-refractivity contribution in [2.24, 2.45) is 11.3 Å². The second-order valence-corrected chi connectivity index (χ2v) is 10.8. The van der Waals surface area contributed by atoms with Crippen LogP contribution in [0.1, 0.15) is 70.4 Å². The normalized spacial score (nSPS) is 21.4. The van der Waals surface area contributed by atoms with Crippen molar-refractivity contribution in [2.45, 2.75) is 59.3 Å². The van der Waals surface area contributed by atoms with E-state index in [-0.39, 0.29) is 5.41 Å². The largest absolute Gasteiger partial charge is 0.0802 e. The molecule has 2 aliphatic carbocycles. The van der Waals surface area contributed by atoms with Crippen LogP contribution in [0.3, 0.4) is 0 Å². The van der Waals surface area contributed by atoms with Gasteiger partial charge in [0, 0.05) is 5.92 Å². The molecular weight excluding hydrogens is 372 g/mol. The lowest BCUT2D eigenvalue weighted by Crippen LogP contribution is -2.18. The molecule has 0 aliphatic heterocycles. The highest BCUT2D eigenvalue weighted by atomic mass is 14.3. The minimum absolute atomic E-state index is 0.224. The second-order valence-electron chi connectivity index (χ2n) is 10.8. The van der Waals surface area contributed by atoms with Crippen molar-refractivity contribution in [1.82, 2.24) is 0 Å². The zero-order valence-electron chi connectivity index (χ0n) is 19.6. The van der Waals surface area contributed by atoms with E-state index in [0.717, 1.165) is 0 Å². The molecule has 31 heavy (non-hydrogen) atoms. The van der Waals surface area contributed by atoms with Gasteiger partial charge in [0.2, 0.25) is 0 Å². The van der Waals surface area contributed by atoms with Gasteiger partial charge in [0.25, 0.3) is 0 Å². The van der Waals surface area contributed by atoms with Crippen LogP contribution in [0, 0.1) is 11.3 Å². The molecule has 0 heterocycles. The molecule has 0 saturated carbocycles. The van der Waals surface area contributed by atoms with Gasteiger partial charge in [0.05, 0.1) is 0 Å². The summed E-state index contributed by atoms with van der Waals surface area (Å²) < 4.78 is 0. The number of benzene rings is 3. The molecule has 0 spiro atoms. The number of rotatable bonds is 2. The van der Waals surface area contributed by atoms with Gasteiger partial charge in [-0.3, -0.25) is 0 Å². The second kappa shape index (κ2) is 7.52. The number of hydrogen-bond acceptors (Lipinski definition) is 0. The summed E-state index contributed by atoms with van der Waals surface area (Å²) in [5.41, 5.74) is 6.25. The summed E-state index contributed by atoms with van der Waals surface area (Å²) in [6.45, 7) is 11.6. The fraction of sp³-hybridized carbons (Fsp3) is 0.355. The van der Waals surface area contributed by atoms with E-state index in [1.165, 1.54) is 56.7 Å². The predicted octanol–water partition coefficient (Wildman–Crippen LogP) is 9.08. The third kappa shape index (κ3) is 3.47. The third-order valence-electron chi connectivity index (χ3n) is 7.30. The average Bonchev–Trinajstić information content (AvgIpc) is 2.75. The fourth-order valence-corrected chi connectivity index (χ4v) is 5.74. The van der Waals surface area contributed by atoms with Crippen LogP contribution in [0.2, 0.25) is 0 Å². The molecule has 3 aromatic carbocycles. The maximum atomic E-state index is 2.49. The van der Waals surface area contributed by atoms with Crippen molar-refractivity contribution >= 4 is 21.5 Å². The van der Waals surface area contributed by atoms with Gasteiger partial charge in [-0.2, -0.15) is 0 Å². The Morgan fingerprint density at radius 1 is 0.839 bits per heavy atom. The molecule has 0 heteroatoms. The molecule has 2 aliphatic rings. The molecule has 5 rings (SSSR count). The topological polar surface area (TPSA) is 0 Å². The summed E-state index contributed by atoms with van der Waals surface area (Å²) in [7, 11) is 0. The average molecular weight is 407 g/mol. The van der Waals surface area contributed by atoms with Gasteiger partial charge >= 0.3 is 0 Å². The molecule has 0 saturated heterocycles. The maximum Gasteiger partial charge on any atom is 0.00394 e. The van der Waals surface area contributed by atoms with Crippen LogP contribution in [0.25, 0.3) is 21.5 Å². The van der Waals surface area contributed by atoms with Crippen LogP contribution < -0.4 is 0 Å². The molecule has 2 unspecified atom stereocenters. The van der Waals surface area contributed by atoms with E-state index >= 15 is 0 Å². The first-order valence-electron chi connectivity index (χ1n) is 11.9. The van der Waals surface area contributed by atoms with Gasteiger partial charge in [-0.1, -0.05) is 107 Å². The SMILES string of the molecule is CC(C)c1c2ccccc2c(C2C=CC3=CC(C(C)(C)C)=CCC3C2)c2ccccc12. The van der Waals surface area contributed by atoms with E-state index in [4.69, 9.17) is 0 Å².